The lowest BCUT2D eigenvalue weighted by Gasteiger charge is -2.49. The fourth-order valence-corrected chi connectivity index (χ4v) is 5.41. The van der Waals surface area contributed by atoms with Crippen molar-refractivity contribution in [3.63, 3.8) is 0 Å². The molecule has 1 aromatic rings. The highest BCUT2D eigenvalue weighted by molar-refractivity contribution is 6.74. The Morgan fingerprint density at radius 3 is 2.21 bits per heavy atom. The Bertz CT molecular complexity index is 823. The van der Waals surface area contributed by atoms with Gasteiger partial charge in [-0.15, -0.1) is 6.58 Å². The van der Waals surface area contributed by atoms with E-state index in [2.05, 4.69) is 40.4 Å². The zero-order valence-electron chi connectivity index (χ0n) is 21.8. The van der Waals surface area contributed by atoms with Crippen LogP contribution in [0.25, 0.3) is 0 Å². The van der Waals surface area contributed by atoms with Crippen LogP contribution in [0.5, 0.6) is 0 Å². The van der Waals surface area contributed by atoms with Crippen molar-refractivity contribution in [2.24, 2.45) is 0 Å². The fraction of sp³-hybridized carbons (Fsp3) is 0.630. The number of hydrogen-bond acceptors (Lipinski definition) is 4. The average molecular weight is 474 g/mol. The maximum Gasteiger partial charge on any atom is 0.410 e. The topological polar surface area (TPSA) is 55.8 Å². The van der Waals surface area contributed by atoms with Gasteiger partial charge < -0.3 is 9.16 Å². The van der Waals surface area contributed by atoms with Crippen LogP contribution >= 0.6 is 0 Å². The molecule has 184 valence electrons. The number of ether oxygens (including phenoxy) is 1. The van der Waals surface area contributed by atoms with Crippen LogP contribution in [0.1, 0.15) is 77.6 Å². The first kappa shape index (κ1) is 27.3. The quantitative estimate of drug-likeness (QED) is 0.243. The molecule has 0 saturated carbocycles. The molecule has 1 aliphatic heterocycles. The van der Waals surface area contributed by atoms with E-state index in [1.807, 2.05) is 57.2 Å². The number of nitrogens with zero attached hydrogens (tertiary/aromatic N) is 1. The lowest BCUT2D eigenvalue weighted by Crippen LogP contribution is -2.60. The van der Waals surface area contributed by atoms with Gasteiger partial charge in [0, 0.05) is 18.0 Å². The fourth-order valence-electron chi connectivity index (χ4n) is 4.02. The van der Waals surface area contributed by atoms with E-state index in [9.17, 15) is 9.59 Å². The minimum atomic E-state index is -2.06. The number of rotatable bonds is 7. The zero-order chi connectivity index (χ0) is 25.0. The Kier molecular flexibility index (Phi) is 8.74. The average Bonchev–Trinajstić information content (AvgIpc) is 2.68. The number of benzene rings is 1. The van der Waals surface area contributed by atoms with Crippen molar-refractivity contribution in [2.45, 2.75) is 109 Å². The van der Waals surface area contributed by atoms with Crippen molar-refractivity contribution in [3.05, 3.63) is 48.6 Å². The second kappa shape index (κ2) is 10.6. The minimum absolute atomic E-state index is 0.0373. The van der Waals surface area contributed by atoms with Gasteiger partial charge in [0.25, 0.3) is 0 Å². The van der Waals surface area contributed by atoms with E-state index in [0.717, 1.165) is 6.42 Å². The zero-order valence-corrected chi connectivity index (χ0v) is 22.8. The van der Waals surface area contributed by atoms with Crippen LogP contribution in [0, 0.1) is 0 Å². The summed E-state index contributed by atoms with van der Waals surface area (Å²) in [7, 11) is -2.06. The predicted molar refractivity (Wildman–Crippen MR) is 137 cm³/mol. The van der Waals surface area contributed by atoms with Crippen LogP contribution in [0.4, 0.5) is 4.79 Å². The highest BCUT2D eigenvalue weighted by Crippen LogP contribution is 2.41. The van der Waals surface area contributed by atoms with Crippen LogP contribution in [0.3, 0.4) is 0 Å². The number of carbonyl (C=O) groups is 2. The Morgan fingerprint density at radius 1 is 1.09 bits per heavy atom. The summed E-state index contributed by atoms with van der Waals surface area (Å²) >= 11 is 0. The summed E-state index contributed by atoms with van der Waals surface area (Å²) < 4.78 is 12.6. The van der Waals surface area contributed by atoms with Crippen LogP contribution in [-0.2, 0) is 9.16 Å². The Balaban J connectivity index is 2.38. The molecule has 6 heteroatoms. The second-order valence-corrected chi connectivity index (χ2v) is 16.4. The summed E-state index contributed by atoms with van der Waals surface area (Å²) in [5, 5.41) is 0.0581. The molecule has 1 saturated heterocycles. The van der Waals surface area contributed by atoms with Crippen molar-refractivity contribution < 1.29 is 18.8 Å². The number of Topliss-reactive ketones (excluding diaryl/α,β-unsaturated/α-hetero) is 1. The number of carbonyl (C=O) groups excluding carboxylic acids is 2. The summed E-state index contributed by atoms with van der Waals surface area (Å²) in [6.07, 6.45) is 3.70. The highest BCUT2D eigenvalue weighted by atomic mass is 28.4. The molecule has 0 aliphatic carbocycles. The van der Waals surface area contributed by atoms with Crippen LogP contribution in [0.15, 0.2) is 43.0 Å². The standard InChI is InChI=1S/C27H43NO4Si/c1-10-14-22-24(32-33(8,9)27(5,6)7)18-17-21(28(22)25(30)31-26(2,3)4)19-23(29)20-15-12-11-13-16-20/h10-13,15-16,21-22,24H,1,14,17-19H2,2-9H3/t21-,22-,24-/m1/s1. The minimum Gasteiger partial charge on any atom is -0.444 e. The van der Waals surface area contributed by atoms with Gasteiger partial charge >= 0.3 is 6.09 Å². The van der Waals surface area contributed by atoms with Crippen LogP contribution in [-0.4, -0.2) is 48.9 Å². The molecular weight excluding hydrogens is 430 g/mol. The third kappa shape index (κ3) is 7.28. The van der Waals surface area contributed by atoms with E-state index in [-0.39, 0.29) is 41.5 Å². The van der Waals surface area contributed by atoms with Gasteiger partial charge in [0.1, 0.15) is 5.60 Å². The predicted octanol–water partition coefficient (Wildman–Crippen LogP) is 6.99. The molecule has 0 radical (unpaired) electrons. The molecule has 1 fully saturated rings. The van der Waals surface area contributed by atoms with Gasteiger partial charge in [-0.2, -0.15) is 0 Å². The van der Waals surface area contributed by atoms with Crippen LogP contribution < -0.4 is 0 Å². The van der Waals surface area contributed by atoms with Gasteiger partial charge in [0.15, 0.2) is 14.1 Å². The molecule has 0 unspecified atom stereocenters. The Hall–Kier alpha value is -1.92. The monoisotopic (exact) mass is 473 g/mol. The van der Waals surface area contributed by atoms with Gasteiger partial charge in [-0.25, -0.2) is 4.79 Å². The van der Waals surface area contributed by atoms with Crippen LogP contribution in [0.2, 0.25) is 18.1 Å². The highest BCUT2D eigenvalue weighted by Gasteiger charge is 2.47. The largest absolute Gasteiger partial charge is 0.444 e. The molecule has 1 amide bonds. The lowest BCUT2D eigenvalue weighted by atomic mass is 9.88. The van der Waals surface area contributed by atoms with Gasteiger partial charge in [-0.3, -0.25) is 9.69 Å². The molecule has 3 atom stereocenters. The maximum atomic E-state index is 13.4. The number of ketones is 1. The third-order valence-electron chi connectivity index (χ3n) is 6.75. The van der Waals surface area contributed by atoms with Gasteiger partial charge in [-0.05, 0) is 58.2 Å². The smallest absolute Gasteiger partial charge is 0.410 e. The van der Waals surface area contributed by atoms with Crippen molar-refractivity contribution in [1.82, 2.24) is 4.90 Å². The Morgan fingerprint density at radius 2 is 1.70 bits per heavy atom. The molecule has 33 heavy (non-hydrogen) atoms. The summed E-state index contributed by atoms with van der Waals surface area (Å²) in [5.41, 5.74) is 0.0402. The number of amides is 1. The first-order valence-corrected chi connectivity index (χ1v) is 15.0. The molecule has 5 nitrogen and oxygen atoms in total. The van der Waals surface area contributed by atoms with Crippen molar-refractivity contribution >= 4 is 20.2 Å². The number of hydrogen-bond donors (Lipinski definition) is 0. The third-order valence-corrected chi connectivity index (χ3v) is 11.3. The SMILES string of the molecule is C=CC[C@@H]1[C@H](O[Si](C)(C)C(C)(C)C)CC[C@H](CC(=O)c2ccccc2)N1C(=O)OC(C)(C)C. The van der Waals surface area contributed by atoms with Crippen molar-refractivity contribution in [2.75, 3.05) is 0 Å². The molecule has 1 aliphatic rings. The molecule has 0 N–H and O–H groups in total. The second-order valence-electron chi connectivity index (χ2n) is 11.6. The van der Waals surface area contributed by atoms with E-state index in [0.29, 0.717) is 18.4 Å². The molecule has 1 aromatic carbocycles. The van der Waals surface area contributed by atoms with Crippen molar-refractivity contribution in [3.8, 4) is 0 Å². The molecule has 0 spiro atoms. The number of likely N-dealkylation sites (tertiary alicyclic amines) is 1. The van der Waals surface area contributed by atoms with Crippen molar-refractivity contribution in [1.29, 1.82) is 0 Å². The number of piperidine rings is 1. The Labute approximate surface area is 201 Å². The molecule has 2 rings (SSSR count). The summed E-state index contributed by atoms with van der Waals surface area (Å²) in [4.78, 5) is 28.3. The van der Waals surface area contributed by atoms with E-state index >= 15 is 0 Å². The molecule has 1 heterocycles. The van der Waals surface area contributed by atoms with Gasteiger partial charge in [0.05, 0.1) is 12.1 Å². The van der Waals surface area contributed by atoms with E-state index < -0.39 is 13.9 Å². The van der Waals surface area contributed by atoms with E-state index in [4.69, 9.17) is 9.16 Å². The first-order valence-electron chi connectivity index (χ1n) is 12.0. The van der Waals surface area contributed by atoms with E-state index in [1.165, 1.54) is 0 Å². The summed E-state index contributed by atoms with van der Waals surface area (Å²) in [5.74, 6) is 0.0373. The lowest BCUT2D eigenvalue weighted by molar-refractivity contribution is -0.0388. The molecular formula is C27H43NO4Si. The summed E-state index contributed by atoms with van der Waals surface area (Å²) in [6.45, 7) is 20.7. The molecule has 0 aromatic heterocycles. The van der Waals surface area contributed by atoms with Gasteiger partial charge in [-0.1, -0.05) is 57.2 Å². The van der Waals surface area contributed by atoms with Gasteiger partial charge in [0.2, 0.25) is 0 Å². The summed E-state index contributed by atoms with van der Waals surface area (Å²) in [6, 6.07) is 8.83. The van der Waals surface area contributed by atoms with E-state index in [1.54, 1.807) is 4.90 Å². The first-order chi connectivity index (χ1) is 15.2. The normalized spacial score (nSPS) is 22.1. The maximum absolute atomic E-state index is 13.4. The molecule has 0 bridgehead atoms.